The number of carboxylic acid groups (broad SMARTS) is 1. The van der Waals surface area contributed by atoms with Crippen LogP contribution >= 0.6 is 0 Å². The standard InChI is InChI=1S/C22H25N3O5/c1-5-6-17-10-16(11-19(29-4)21(17)30-13-20(26)27)12-23-25-22(28)24-18-8-7-14(2)15(3)9-18/h5,7-12H,1,6,13H2,2-4H3,(H,26,27)(H2,24,25,28)/b23-12+. The molecule has 0 saturated carbocycles. The summed E-state index contributed by atoms with van der Waals surface area (Å²) in [5.74, 6) is -0.403. The quantitative estimate of drug-likeness (QED) is 0.331. The summed E-state index contributed by atoms with van der Waals surface area (Å²) < 4.78 is 10.7. The van der Waals surface area contributed by atoms with E-state index in [0.717, 1.165) is 11.1 Å². The maximum atomic E-state index is 12.0. The number of methoxy groups -OCH3 is 1. The molecule has 0 radical (unpaired) electrons. The summed E-state index contributed by atoms with van der Waals surface area (Å²) in [6.07, 6.45) is 3.56. The molecule has 2 aromatic carbocycles. The summed E-state index contributed by atoms with van der Waals surface area (Å²) >= 11 is 0. The van der Waals surface area contributed by atoms with Gasteiger partial charge < -0.3 is 19.9 Å². The lowest BCUT2D eigenvalue weighted by Gasteiger charge is -2.14. The molecular weight excluding hydrogens is 386 g/mol. The van der Waals surface area contributed by atoms with Gasteiger partial charge in [-0.3, -0.25) is 0 Å². The molecule has 0 aliphatic heterocycles. The minimum absolute atomic E-state index is 0.331. The number of nitrogens with zero attached hydrogens (tertiary/aromatic N) is 1. The fourth-order valence-corrected chi connectivity index (χ4v) is 2.66. The number of allylic oxidation sites excluding steroid dienone is 1. The summed E-state index contributed by atoms with van der Waals surface area (Å²) in [6, 6.07) is 8.53. The second-order valence-corrected chi connectivity index (χ2v) is 6.51. The SMILES string of the molecule is C=CCc1cc(/C=N/NC(=O)Nc2ccc(C)c(C)c2)cc(OC)c1OCC(=O)O. The first-order chi connectivity index (χ1) is 14.3. The molecule has 0 aromatic heterocycles. The largest absolute Gasteiger partial charge is 0.493 e. The van der Waals surface area contributed by atoms with Gasteiger partial charge in [0.05, 0.1) is 13.3 Å². The van der Waals surface area contributed by atoms with Crippen molar-refractivity contribution in [3.8, 4) is 11.5 Å². The Morgan fingerprint density at radius 2 is 1.97 bits per heavy atom. The number of ether oxygens (including phenoxy) is 2. The topological polar surface area (TPSA) is 109 Å². The lowest BCUT2D eigenvalue weighted by atomic mass is 10.1. The normalized spacial score (nSPS) is 10.5. The predicted octanol–water partition coefficient (Wildman–Crippen LogP) is 3.66. The zero-order valence-corrected chi connectivity index (χ0v) is 17.2. The average molecular weight is 411 g/mol. The molecule has 158 valence electrons. The first-order valence-corrected chi connectivity index (χ1v) is 9.17. The van der Waals surface area contributed by atoms with Crippen molar-refractivity contribution in [2.24, 2.45) is 5.10 Å². The van der Waals surface area contributed by atoms with Crippen molar-refractivity contribution >= 4 is 23.9 Å². The van der Waals surface area contributed by atoms with Crippen LogP contribution in [0.5, 0.6) is 11.5 Å². The van der Waals surface area contributed by atoms with E-state index in [1.54, 1.807) is 18.2 Å². The minimum atomic E-state index is -1.09. The Balaban J connectivity index is 2.12. The first-order valence-electron chi connectivity index (χ1n) is 9.17. The summed E-state index contributed by atoms with van der Waals surface area (Å²) in [5, 5.41) is 15.5. The molecule has 0 aliphatic rings. The Labute approximate surface area is 175 Å². The Morgan fingerprint density at radius 3 is 2.60 bits per heavy atom. The van der Waals surface area contributed by atoms with Gasteiger partial charge in [0.1, 0.15) is 0 Å². The van der Waals surface area contributed by atoms with Crippen molar-refractivity contribution < 1.29 is 24.2 Å². The third-order valence-electron chi connectivity index (χ3n) is 4.22. The van der Waals surface area contributed by atoms with E-state index in [2.05, 4.69) is 22.4 Å². The monoisotopic (exact) mass is 411 g/mol. The first kappa shape index (κ1) is 22.5. The van der Waals surface area contributed by atoms with Gasteiger partial charge in [0.25, 0.3) is 0 Å². The smallest absolute Gasteiger partial charge is 0.341 e. The van der Waals surface area contributed by atoms with E-state index >= 15 is 0 Å². The minimum Gasteiger partial charge on any atom is -0.493 e. The van der Waals surface area contributed by atoms with Crippen molar-refractivity contribution in [3.05, 3.63) is 65.2 Å². The number of benzene rings is 2. The van der Waals surface area contributed by atoms with Crippen LogP contribution in [0.1, 0.15) is 22.3 Å². The molecule has 0 atom stereocenters. The molecule has 0 bridgehead atoms. The maximum Gasteiger partial charge on any atom is 0.341 e. The van der Waals surface area contributed by atoms with Gasteiger partial charge in [-0.2, -0.15) is 5.10 Å². The molecule has 8 nitrogen and oxygen atoms in total. The van der Waals surface area contributed by atoms with Crippen molar-refractivity contribution in [2.45, 2.75) is 20.3 Å². The zero-order chi connectivity index (χ0) is 22.1. The number of aliphatic carboxylic acids is 1. The summed E-state index contributed by atoms with van der Waals surface area (Å²) in [7, 11) is 1.46. The number of carboxylic acids is 1. The number of hydrogen-bond donors (Lipinski definition) is 3. The highest BCUT2D eigenvalue weighted by Gasteiger charge is 2.13. The Morgan fingerprint density at radius 1 is 1.20 bits per heavy atom. The lowest BCUT2D eigenvalue weighted by Crippen LogP contribution is -2.24. The van der Waals surface area contributed by atoms with Gasteiger partial charge in [-0.15, -0.1) is 6.58 Å². The van der Waals surface area contributed by atoms with E-state index in [4.69, 9.17) is 14.6 Å². The van der Waals surface area contributed by atoms with E-state index in [1.165, 1.54) is 13.3 Å². The number of rotatable bonds is 9. The van der Waals surface area contributed by atoms with Gasteiger partial charge in [0, 0.05) is 11.3 Å². The second kappa shape index (κ2) is 10.7. The Bertz CT molecular complexity index is 969. The van der Waals surface area contributed by atoms with Crippen molar-refractivity contribution in [1.82, 2.24) is 5.43 Å². The number of urea groups is 1. The fourth-order valence-electron chi connectivity index (χ4n) is 2.66. The van der Waals surface area contributed by atoms with Crippen molar-refractivity contribution in [1.29, 1.82) is 0 Å². The van der Waals surface area contributed by atoms with E-state index in [1.807, 2.05) is 32.0 Å². The molecule has 2 amide bonds. The number of amides is 2. The number of hydrazone groups is 1. The highest BCUT2D eigenvalue weighted by Crippen LogP contribution is 2.33. The number of anilines is 1. The maximum absolute atomic E-state index is 12.0. The zero-order valence-electron chi connectivity index (χ0n) is 17.2. The molecular formula is C22H25N3O5. The molecule has 0 fully saturated rings. The van der Waals surface area contributed by atoms with Crippen LogP contribution in [0.3, 0.4) is 0 Å². The molecule has 2 aromatic rings. The molecule has 0 unspecified atom stereocenters. The second-order valence-electron chi connectivity index (χ2n) is 6.51. The predicted molar refractivity (Wildman–Crippen MR) is 116 cm³/mol. The van der Waals surface area contributed by atoms with E-state index < -0.39 is 18.6 Å². The molecule has 3 N–H and O–H groups in total. The highest BCUT2D eigenvalue weighted by molar-refractivity contribution is 5.90. The number of nitrogens with one attached hydrogen (secondary N) is 2. The number of carbonyl (C=O) groups is 2. The third-order valence-corrected chi connectivity index (χ3v) is 4.22. The molecule has 0 heterocycles. The molecule has 8 heteroatoms. The van der Waals surface area contributed by atoms with Crippen LogP contribution in [0.2, 0.25) is 0 Å². The fraction of sp³-hybridized carbons (Fsp3) is 0.227. The van der Waals surface area contributed by atoms with Crippen LogP contribution in [0, 0.1) is 13.8 Å². The highest BCUT2D eigenvalue weighted by atomic mass is 16.5. The Kier molecular flexibility index (Phi) is 7.99. The van der Waals surface area contributed by atoms with Crippen LogP contribution in [-0.2, 0) is 11.2 Å². The Hall–Kier alpha value is -3.81. The molecule has 0 spiro atoms. The van der Waals surface area contributed by atoms with Gasteiger partial charge in [-0.05, 0) is 61.2 Å². The average Bonchev–Trinajstić information content (AvgIpc) is 2.69. The molecule has 0 aliphatic carbocycles. The van der Waals surface area contributed by atoms with E-state index in [0.29, 0.717) is 34.7 Å². The van der Waals surface area contributed by atoms with Gasteiger partial charge in [-0.1, -0.05) is 12.1 Å². The number of carbonyl (C=O) groups excluding carboxylic acids is 1. The summed E-state index contributed by atoms with van der Waals surface area (Å²) in [5.41, 5.74) is 6.61. The molecule has 30 heavy (non-hydrogen) atoms. The van der Waals surface area contributed by atoms with E-state index in [9.17, 15) is 9.59 Å². The number of hydrogen-bond acceptors (Lipinski definition) is 5. The van der Waals surface area contributed by atoms with Crippen LogP contribution in [-0.4, -0.2) is 37.0 Å². The van der Waals surface area contributed by atoms with Gasteiger partial charge in [-0.25, -0.2) is 15.0 Å². The van der Waals surface area contributed by atoms with Gasteiger partial charge in [0.2, 0.25) is 0 Å². The van der Waals surface area contributed by atoms with Crippen LogP contribution < -0.4 is 20.2 Å². The summed E-state index contributed by atoms with van der Waals surface area (Å²) in [6.45, 7) is 7.17. The number of aryl methyl sites for hydroxylation is 2. The van der Waals surface area contributed by atoms with E-state index in [-0.39, 0.29) is 0 Å². The molecule has 2 rings (SSSR count). The van der Waals surface area contributed by atoms with Crippen molar-refractivity contribution in [2.75, 3.05) is 19.0 Å². The summed E-state index contributed by atoms with van der Waals surface area (Å²) in [4.78, 5) is 22.9. The molecule has 0 saturated heterocycles. The van der Waals surface area contributed by atoms with Crippen LogP contribution in [0.4, 0.5) is 10.5 Å². The van der Waals surface area contributed by atoms with Gasteiger partial charge >= 0.3 is 12.0 Å². The third kappa shape index (κ3) is 6.37. The van der Waals surface area contributed by atoms with Gasteiger partial charge in [0.15, 0.2) is 18.1 Å². The lowest BCUT2D eigenvalue weighted by molar-refractivity contribution is -0.139. The van der Waals surface area contributed by atoms with Crippen LogP contribution in [0.15, 0.2) is 48.1 Å². The van der Waals surface area contributed by atoms with Crippen LogP contribution in [0.25, 0.3) is 0 Å². The van der Waals surface area contributed by atoms with Crippen molar-refractivity contribution in [3.63, 3.8) is 0 Å².